The van der Waals surface area contributed by atoms with Crippen molar-refractivity contribution in [1.82, 2.24) is 4.90 Å². The molecule has 1 amide bonds. The highest BCUT2D eigenvalue weighted by molar-refractivity contribution is 6.62. The number of furan rings is 1. The molecule has 0 radical (unpaired) electrons. The van der Waals surface area contributed by atoms with Gasteiger partial charge < -0.3 is 13.7 Å². The quantitative estimate of drug-likeness (QED) is 0.233. The highest BCUT2D eigenvalue weighted by Crippen LogP contribution is 2.38. The molecule has 0 saturated carbocycles. The summed E-state index contributed by atoms with van der Waals surface area (Å²) in [5.41, 5.74) is 3.89. The number of carbonyl (C=O) groups is 1. The minimum atomic E-state index is -1.10. The molecular formula is C37H36BN3O4. The van der Waals surface area contributed by atoms with Crippen LogP contribution < -0.4 is 5.46 Å². The fraction of sp³-hybridized carbons (Fsp3) is 0.270. The van der Waals surface area contributed by atoms with Crippen molar-refractivity contribution in [1.29, 1.82) is 0 Å². The summed E-state index contributed by atoms with van der Waals surface area (Å²) < 4.78 is 18.7. The van der Waals surface area contributed by atoms with E-state index in [1.807, 2.05) is 60.7 Å². The van der Waals surface area contributed by atoms with Crippen LogP contribution >= 0.6 is 0 Å². The Labute approximate surface area is 264 Å². The molecule has 1 unspecified atom stereocenters. The lowest BCUT2D eigenvalue weighted by molar-refractivity contribution is -0.129. The standard InChI is InChI=1S/C37H36BN3O4/c1-35(2)36(3,4)45-38(44-35)31-18-17-27(21-29(31)20-26-12-7-5-8-13-26)22-37(23-30-16-11-19-43-30)34(42)41-25-32(39-24-33(41)40-37)28-14-9-6-10-15-28/h5-19,21,24-25H,20,22-23H2,1-4H3. The highest BCUT2D eigenvalue weighted by Gasteiger charge is 2.53. The van der Waals surface area contributed by atoms with E-state index in [9.17, 15) is 4.79 Å². The number of amides is 1. The van der Waals surface area contributed by atoms with Crippen LogP contribution in [0, 0.1) is 0 Å². The molecule has 0 N–H and O–H groups in total. The predicted molar refractivity (Wildman–Crippen MR) is 177 cm³/mol. The lowest BCUT2D eigenvalue weighted by Crippen LogP contribution is -2.44. The first-order chi connectivity index (χ1) is 21.6. The number of fused-ring (bicyclic) bond motifs is 1. The van der Waals surface area contributed by atoms with Crippen LogP contribution in [0.1, 0.15) is 55.7 Å². The summed E-state index contributed by atoms with van der Waals surface area (Å²) in [7, 11) is -0.500. The van der Waals surface area contributed by atoms with Gasteiger partial charge in [-0.1, -0.05) is 78.9 Å². The van der Waals surface area contributed by atoms with E-state index in [-0.39, 0.29) is 5.91 Å². The number of aliphatic imine (C=N–C) groups is 2. The molecule has 3 aliphatic heterocycles. The Bertz CT molecular complexity index is 1800. The molecule has 45 heavy (non-hydrogen) atoms. The second kappa shape index (κ2) is 11.1. The Balaban J connectivity index is 1.26. The number of benzene rings is 3. The van der Waals surface area contributed by atoms with Gasteiger partial charge in [0.05, 0.1) is 29.4 Å². The molecule has 7 nitrogen and oxygen atoms in total. The highest BCUT2D eigenvalue weighted by atomic mass is 16.7. The summed E-state index contributed by atoms with van der Waals surface area (Å²) in [4.78, 5) is 25.7. The van der Waals surface area contributed by atoms with Crippen molar-refractivity contribution in [2.24, 2.45) is 9.98 Å². The van der Waals surface area contributed by atoms with E-state index in [0.29, 0.717) is 36.6 Å². The van der Waals surface area contributed by atoms with E-state index in [2.05, 4.69) is 63.0 Å². The third-order valence-corrected chi connectivity index (χ3v) is 9.33. The molecule has 1 atom stereocenters. The molecule has 8 heteroatoms. The van der Waals surface area contributed by atoms with Crippen molar-refractivity contribution in [3.05, 3.63) is 131 Å². The average molecular weight is 598 g/mol. The fourth-order valence-electron chi connectivity index (χ4n) is 6.18. The van der Waals surface area contributed by atoms with Gasteiger partial charge in [0, 0.05) is 24.6 Å². The van der Waals surface area contributed by atoms with E-state index in [1.165, 1.54) is 5.56 Å². The first-order valence-electron chi connectivity index (χ1n) is 15.4. The van der Waals surface area contributed by atoms with Crippen LogP contribution in [0.25, 0.3) is 5.70 Å². The van der Waals surface area contributed by atoms with Crippen molar-refractivity contribution in [2.45, 2.75) is 63.7 Å². The summed E-state index contributed by atoms with van der Waals surface area (Å²) in [6, 6.07) is 30.3. The van der Waals surface area contributed by atoms with Crippen molar-refractivity contribution >= 4 is 36.2 Å². The molecule has 1 fully saturated rings. The van der Waals surface area contributed by atoms with E-state index in [1.54, 1.807) is 23.6 Å². The van der Waals surface area contributed by atoms with Gasteiger partial charge in [-0.25, -0.2) is 4.99 Å². The second-order valence-electron chi connectivity index (χ2n) is 13.0. The largest absolute Gasteiger partial charge is 0.495 e. The van der Waals surface area contributed by atoms with Crippen LogP contribution in [0.3, 0.4) is 0 Å². The fourth-order valence-corrected chi connectivity index (χ4v) is 6.18. The maximum atomic E-state index is 14.4. The van der Waals surface area contributed by atoms with E-state index in [4.69, 9.17) is 18.7 Å². The van der Waals surface area contributed by atoms with Crippen LogP contribution in [-0.2, 0) is 33.4 Å². The summed E-state index contributed by atoms with van der Waals surface area (Å²) in [6.45, 7) is 8.27. The predicted octanol–water partition coefficient (Wildman–Crippen LogP) is 6.02. The minimum absolute atomic E-state index is 0.104. The van der Waals surface area contributed by atoms with E-state index < -0.39 is 23.9 Å². The Morgan fingerprint density at radius 1 is 0.800 bits per heavy atom. The van der Waals surface area contributed by atoms with Crippen LogP contribution in [-0.4, -0.2) is 46.7 Å². The van der Waals surface area contributed by atoms with Gasteiger partial charge in [0.15, 0.2) is 11.4 Å². The van der Waals surface area contributed by atoms with Crippen molar-refractivity contribution < 1.29 is 18.5 Å². The van der Waals surface area contributed by atoms with Crippen LogP contribution in [0.4, 0.5) is 0 Å². The number of carbonyl (C=O) groups excluding carboxylic acids is 1. The zero-order chi connectivity index (χ0) is 31.2. The van der Waals surface area contributed by atoms with Gasteiger partial charge in [0.25, 0.3) is 5.91 Å². The second-order valence-corrected chi connectivity index (χ2v) is 13.0. The molecule has 3 aliphatic rings. The first kappa shape index (κ1) is 29.2. The normalized spacial score (nSPS) is 21.6. The average Bonchev–Trinajstić information content (AvgIpc) is 3.69. The van der Waals surface area contributed by atoms with Crippen LogP contribution in [0.2, 0.25) is 0 Å². The third-order valence-electron chi connectivity index (χ3n) is 9.33. The topological polar surface area (TPSA) is 76.6 Å². The maximum Gasteiger partial charge on any atom is 0.495 e. The summed E-state index contributed by atoms with van der Waals surface area (Å²) >= 11 is 0. The molecule has 4 heterocycles. The smallest absolute Gasteiger partial charge is 0.469 e. The molecule has 7 rings (SSSR count). The molecule has 1 aromatic heterocycles. The first-order valence-corrected chi connectivity index (χ1v) is 15.4. The lowest BCUT2D eigenvalue weighted by atomic mass is 9.73. The molecule has 4 aromatic rings. The Morgan fingerprint density at radius 3 is 2.20 bits per heavy atom. The zero-order valence-electron chi connectivity index (χ0n) is 26.1. The van der Waals surface area contributed by atoms with Crippen molar-refractivity contribution in [3.63, 3.8) is 0 Å². The zero-order valence-corrected chi connectivity index (χ0v) is 26.1. The lowest BCUT2D eigenvalue weighted by Gasteiger charge is -2.32. The van der Waals surface area contributed by atoms with Gasteiger partial charge in [-0.05, 0) is 68.4 Å². The molecule has 0 spiro atoms. The molecular weight excluding hydrogens is 561 g/mol. The van der Waals surface area contributed by atoms with Gasteiger partial charge in [-0.15, -0.1) is 0 Å². The number of nitrogens with zero attached hydrogens (tertiary/aromatic N) is 3. The Morgan fingerprint density at radius 2 is 1.51 bits per heavy atom. The SMILES string of the molecule is CC1(C)OB(c2ccc(CC3(Cc4ccco4)N=C4C=NC(c5ccccc5)=CN4C3=O)cc2Cc2ccccc2)OC1(C)C. The monoisotopic (exact) mass is 597 g/mol. The van der Waals surface area contributed by atoms with Crippen molar-refractivity contribution in [3.8, 4) is 0 Å². The minimum Gasteiger partial charge on any atom is -0.469 e. The van der Waals surface area contributed by atoms with E-state index in [0.717, 1.165) is 22.2 Å². The molecule has 3 aromatic carbocycles. The van der Waals surface area contributed by atoms with Crippen LogP contribution in [0.15, 0.2) is 118 Å². The third kappa shape index (κ3) is 5.49. The molecule has 1 saturated heterocycles. The Hall–Kier alpha value is -4.53. The van der Waals surface area contributed by atoms with E-state index >= 15 is 0 Å². The van der Waals surface area contributed by atoms with Gasteiger partial charge >= 0.3 is 7.12 Å². The summed E-state index contributed by atoms with van der Waals surface area (Å²) in [6.07, 6.45) is 6.53. The maximum absolute atomic E-state index is 14.4. The number of rotatable bonds is 8. The van der Waals surface area contributed by atoms with Crippen molar-refractivity contribution in [2.75, 3.05) is 0 Å². The number of hydrogen-bond donors (Lipinski definition) is 0. The van der Waals surface area contributed by atoms with Gasteiger partial charge in [-0.2, -0.15) is 0 Å². The molecule has 226 valence electrons. The molecule has 0 aliphatic carbocycles. The molecule has 0 bridgehead atoms. The summed E-state index contributed by atoms with van der Waals surface area (Å²) in [5.74, 6) is 1.13. The van der Waals surface area contributed by atoms with Gasteiger partial charge in [0.2, 0.25) is 0 Å². The van der Waals surface area contributed by atoms with Crippen LogP contribution in [0.5, 0.6) is 0 Å². The Kier molecular flexibility index (Phi) is 7.22. The van der Waals surface area contributed by atoms with Gasteiger partial charge in [0.1, 0.15) is 5.76 Å². The number of amidine groups is 1. The summed E-state index contributed by atoms with van der Waals surface area (Å²) in [5, 5.41) is 0. The number of hydrogen-bond acceptors (Lipinski definition) is 6. The van der Waals surface area contributed by atoms with Gasteiger partial charge in [-0.3, -0.25) is 14.7 Å².